The maximum absolute atomic E-state index is 13.2. The highest BCUT2D eigenvalue weighted by Crippen LogP contribution is 2.20. The molecule has 0 spiro atoms. The van der Waals surface area contributed by atoms with Crippen LogP contribution in [0, 0.1) is 11.7 Å². The largest absolute Gasteiger partial charge is 0.480 e. The van der Waals surface area contributed by atoms with Crippen molar-refractivity contribution in [1.82, 2.24) is 5.32 Å². The van der Waals surface area contributed by atoms with Crippen molar-refractivity contribution in [2.24, 2.45) is 5.92 Å². The van der Waals surface area contributed by atoms with E-state index >= 15 is 0 Å². The van der Waals surface area contributed by atoms with Gasteiger partial charge in [0.05, 0.1) is 5.02 Å². The number of carboxylic acid groups (broad SMARTS) is 1. The molecule has 2 N–H and O–H groups in total. The van der Waals surface area contributed by atoms with E-state index in [9.17, 15) is 9.18 Å². The Morgan fingerprint density at radius 1 is 1.53 bits per heavy atom. The van der Waals surface area contributed by atoms with Gasteiger partial charge in [-0.25, -0.2) is 4.39 Å². The van der Waals surface area contributed by atoms with Crippen LogP contribution in [0.2, 0.25) is 5.02 Å². The van der Waals surface area contributed by atoms with Crippen LogP contribution in [-0.2, 0) is 4.79 Å². The highest BCUT2D eigenvalue weighted by molar-refractivity contribution is 6.30. The van der Waals surface area contributed by atoms with Crippen LogP contribution < -0.4 is 5.32 Å². The van der Waals surface area contributed by atoms with E-state index in [-0.39, 0.29) is 5.02 Å². The van der Waals surface area contributed by atoms with Crippen LogP contribution >= 0.6 is 11.6 Å². The van der Waals surface area contributed by atoms with E-state index in [0.29, 0.717) is 18.0 Å². The molecule has 1 atom stereocenters. The zero-order valence-electron chi connectivity index (χ0n) is 9.71. The standard InChI is InChI=1S/C12H15ClFNO2/c1-7(2)6-15-11(12(16)17)8-3-4-9(13)10(14)5-8/h3-5,7,11,15H,6H2,1-2H3,(H,16,17). The van der Waals surface area contributed by atoms with E-state index in [2.05, 4.69) is 5.32 Å². The van der Waals surface area contributed by atoms with Gasteiger partial charge in [0, 0.05) is 0 Å². The Labute approximate surface area is 105 Å². The lowest BCUT2D eigenvalue weighted by Gasteiger charge is -2.16. The molecule has 0 fully saturated rings. The highest BCUT2D eigenvalue weighted by atomic mass is 35.5. The molecule has 0 aliphatic rings. The summed E-state index contributed by atoms with van der Waals surface area (Å²) >= 11 is 5.55. The molecule has 0 radical (unpaired) electrons. The van der Waals surface area contributed by atoms with Gasteiger partial charge in [0.1, 0.15) is 11.9 Å². The molecule has 1 aromatic rings. The number of benzene rings is 1. The Bertz CT molecular complexity index is 409. The van der Waals surface area contributed by atoms with Crippen LogP contribution in [0.4, 0.5) is 4.39 Å². The van der Waals surface area contributed by atoms with Crippen molar-refractivity contribution in [3.05, 3.63) is 34.6 Å². The van der Waals surface area contributed by atoms with Crippen LogP contribution in [0.15, 0.2) is 18.2 Å². The molecule has 0 heterocycles. The number of hydrogen-bond acceptors (Lipinski definition) is 2. The van der Waals surface area contributed by atoms with E-state index in [1.165, 1.54) is 12.1 Å². The normalized spacial score (nSPS) is 12.8. The van der Waals surface area contributed by atoms with E-state index < -0.39 is 17.8 Å². The van der Waals surface area contributed by atoms with Gasteiger partial charge in [-0.15, -0.1) is 0 Å². The molecule has 0 amide bonds. The Morgan fingerprint density at radius 2 is 2.18 bits per heavy atom. The second kappa shape index (κ2) is 5.98. The number of carbonyl (C=O) groups is 1. The quantitative estimate of drug-likeness (QED) is 0.855. The van der Waals surface area contributed by atoms with Crippen LogP contribution in [0.3, 0.4) is 0 Å². The van der Waals surface area contributed by atoms with E-state index in [1.807, 2.05) is 13.8 Å². The molecule has 1 aromatic carbocycles. The average molecular weight is 260 g/mol. The molecular weight excluding hydrogens is 245 g/mol. The second-order valence-corrected chi connectivity index (χ2v) is 4.65. The van der Waals surface area contributed by atoms with Gasteiger partial charge < -0.3 is 10.4 Å². The minimum Gasteiger partial charge on any atom is -0.480 e. The van der Waals surface area contributed by atoms with Crippen LogP contribution in [-0.4, -0.2) is 17.6 Å². The Hall–Kier alpha value is -1.13. The maximum Gasteiger partial charge on any atom is 0.325 e. The smallest absolute Gasteiger partial charge is 0.325 e. The molecule has 1 unspecified atom stereocenters. The third-order valence-electron chi connectivity index (χ3n) is 2.25. The number of nitrogens with one attached hydrogen (secondary N) is 1. The summed E-state index contributed by atoms with van der Waals surface area (Å²) < 4.78 is 13.2. The fraction of sp³-hybridized carbons (Fsp3) is 0.417. The number of carboxylic acids is 1. The maximum atomic E-state index is 13.2. The lowest BCUT2D eigenvalue weighted by Crippen LogP contribution is -2.31. The fourth-order valence-electron chi connectivity index (χ4n) is 1.39. The van der Waals surface area contributed by atoms with Gasteiger partial charge in [-0.05, 0) is 30.2 Å². The van der Waals surface area contributed by atoms with Crippen molar-refractivity contribution in [2.75, 3.05) is 6.54 Å². The van der Waals surface area contributed by atoms with E-state index in [0.717, 1.165) is 6.07 Å². The summed E-state index contributed by atoms with van der Waals surface area (Å²) in [6.07, 6.45) is 0. The summed E-state index contributed by atoms with van der Waals surface area (Å²) in [5, 5.41) is 11.9. The molecule has 0 saturated heterocycles. The zero-order chi connectivity index (χ0) is 13.0. The fourth-order valence-corrected chi connectivity index (χ4v) is 1.51. The third kappa shape index (κ3) is 3.98. The van der Waals surface area contributed by atoms with Crippen LogP contribution in [0.1, 0.15) is 25.5 Å². The van der Waals surface area contributed by atoms with E-state index in [4.69, 9.17) is 16.7 Å². The molecule has 17 heavy (non-hydrogen) atoms. The lowest BCUT2D eigenvalue weighted by molar-refractivity contribution is -0.139. The van der Waals surface area contributed by atoms with Crippen LogP contribution in [0.25, 0.3) is 0 Å². The minimum atomic E-state index is -1.03. The number of hydrogen-bond donors (Lipinski definition) is 2. The van der Waals surface area contributed by atoms with Crippen LogP contribution in [0.5, 0.6) is 0 Å². The molecule has 94 valence electrons. The highest BCUT2D eigenvalue weighted by Gasteiger charge is 2.20. The molecule has 0 bridgehead atoms. The molecule has 0 aromatic heterocycles. The molecule has 0 aliphatic carbocycles. The van der Waals surface area contributed by atoms with Gasteiger partial charge in [-0.2, -0.15) is 0 Å². The van der Waals surface area contributed by atoms with Gasteiger partial charge in [0.2, 0.25) is 0 Å². The summed E-state index contributed by atoms with van der Waals surface area (Å²) in [6.45, 7) is 4.48. The topological polar surface area (TPSA) is 49.3 Å². The van der Waals surface area contributed by atoms with Crippen molar-refractivity contribution in [2.45, 2.75) is 19.9 Å². The second-order valence-electron chi connectivity index (χ2n) is 4.25. The predicted octanol–water partition coefficient (Wildman–Crippen LogP) is 2.85. The lowest BCUT2D eigenvalue weighted by atomic mass is 10.1. The van der Waals surface area contributed by atoms with Crippen molar-refractivity contribution < 1.29 is 14.3 Å². The first-order chi connectivity index (χ1) is 7.91. The Morgan fingerprint density at radius 3 is 2.65 bits per heavy atom. The Balaban J connectivity index is 2.89. The molecule has 3 nitrogen and oxygen atoms in total. The van der Waals surface area contributed by atoms with Gasteiger partial charge in [-0.3, -0.25) is 4.79 Å². The number of aliphatic carboxylic acids is 1. The third-order valence-corrected chi connectivity index (χ3v) is 2.56. The minimum absolute atomic E-state index is 0.0123. The molecule has 1 rings (SSSR count). The van der Waals surface area contributed by atoms with E-state index in [1.54, 1.807) is 0 Å². The summed E-state index contributed by atoms with van der Waals surface area (Å²) in [4.78, 5) is 11.1. The summed E-state index contributed by atoms with van der Waals surface area (Å²) in [5.41, 5.74) is 0.361. The van der Waals surface area contributed by atoms with Crippen molar-refractivity contribution in [3.8, 4) is 0 Å². The number of halogens is 2. The summed E-state index contributed by atoms with van der Waals surface area (Å²) in [6, 6.07) is 3.11. The van der Waals surface area contributed by atoms with Gasteiger partial charge in [-0.1, -0.05) is 31.5 Å². The first kappa shape index (κ1) is 13.9. The monoisotopic (exact) mass is 259 g/mol. The van der Waals surface area contributed by atoms with Crippen molar-refractivity contribution in [3.63, 3.8) is 0 Å². The van der Waals surface area contributed by atoms with Crippen molar-refractivity contribution >= 4 is 17.6 Å². The molecule has 0 aliphatic heterocycles. The first-order valence-corrected chi connectivity index (χ1v) is 5.70. The molecule has 5 heteroatoms. The summed E-state index contributed by atoms with van der Waals surface area (Å²) in [5.74, 6) is -1.33. The van der Waals surface area contributed by atoms with Gasteiger partial charge in [0.25, 0.3) is 0 Å². The number of rotatable bonds is 5. The Kier molecular flexibility index (Phi) is 4.90. The van der Waals surface area contributed by atoms with Gasteiger partial charge in [0.15, 0.2) is 0 Å². The van der Waals surface area contributed by atoms with Gasteiger partial charge >= 0.3 is 5.97 Å². The first-order valence-electron chi connectivity index (χ1n) is 5.33. The average Bonchev–Trinajstić information content (AvgIpc) is 2.22. The SMILES string of the molecule is CC(C)CNC(C(=O)O)c1ccc(Cl)c(F)c1. The molecular formula is C12H15ClFNO2. The molecule has 0 saturated carbocycles. The summed E-state index contributed by atoms with van der Waals surface area (Å²) in [7, 11) is 0. The predicted molar refractivity (Wildman–Crippen MR) is 64.6 cm³/mol. The van der Waals surface area contributed by atoms with Crippen molar-refractivity contribution in [1.29, 1.82) is 0 Å². The zero-order valence-corrected chi connectivity index (χ0v) is 10.5.